The molecule has 0 aliphatic heterocycles. The van der Waals surface area contributed by atoms with Crippen molar-refractivity contribution in [3.05, 3.63) is 0 Å². The fourth-order valence-corrected chi connectivity index (χ4v) is 1.51. The fraction of sp³-hybridized carbons (Fsp3) is 0.917. The molecule has 2 atom stereocenters. The van der Waals surface area contributed by atoms with Crippen LogP contribution in [0.15, 0.2) is 0 Å². The number of hydrogen-bond donors (Lipinski definition) is 2. The summed E-state index contributed by atoms with van der Waals surface area (Å²) in [6, 6.07) is -0.373. The smallest absolute Gasteiger partial charge is 0.237 e. The number of likely N-dealkylation sites (N-methyl/N-ethyl adjacent to an activating group) is 1. The Kier molecular flexibility index (Phi) is 12.1. The Morgan fingerprint density at radius 3 is 2.24 bits per heavy atom. The first-order valence-corrected chi connectivity index (χ1v) is 6.32. The average Bonchev–Trinajstić information content (AvgIpc) is 2.32. The highest BCUT2D eigenvalue weighted by Crippen LogP contribution is 2.04. The topological polar surface area (TPSA) is 58.4 Å². The average molecular weight is 266 g/mol. The molecule has 0 aromatic heterocycles. The molecule has 0 spiro atoms. The van der Waals surface area contributed by atoms with E-state index >= 15 is 0 Å². The Morgan fingerprint density at radius 2 is 1.82 bits per heavy atom. The highest BCUT2D eigenvalue weighted by atomic mass is 35.5. The van der Waals surface area contributed by atoms with Crippen molar-refractivity contribution >= 4 is 18.3 Å². The summed E-state index contributed by atoms with van der Waals surface area (Å²) in [5, 5.41) is 2.89. The number of amides is 1. The van der Waals surface area contributed by atoms with Gasteiger partial charge in [-0.2, -0.15) is 0 Å². The monoisotopic (exact) mass is 265 g/mol. The van der Waals surface area contributed by atoms with E-state index < -0.39 is 0 Å². The lowest BCUT2D eigenvalue weighted by Gasteiger charge is -2.21. The largest absolute Gasteiger partial charge is 0.353 e. The Hall–Kier alpha value is -0.320. The molecule has 3 N–H and O–H groups in total. The molecular weight excluding hydrogens is 238 g/mol. The van der Waals surface area contributed by atoms with E-state index in [9.17, 15) is 4.79 Å². The van der Waals surface area contributed by atoms with Crippen LogP contribution in [0.3, 0.4) is 0 Å². The van der Waals surface area contributed by atoms with Gasteiger partial charge in [-0.05, 0) is 19.0 Å². The maximum atomic E-state index is 11.6. The van der Waals surface area contributed by atoms with Gasteiger partial charge < -0.3 is 16.0 Å². The van der Waals surface area contributed by atoms with Crippen molar-refractivity contribution in [1.82, 2.24) is 10.2 Å². The van der Waals surface area contributed by atoms with Crippen LogP contribution in [0.5, 0.6) is 0 Å². The highest BCUT2D eigenvalue weighted by Gasteiger charge is 2.18. The van der Waals surface area contributed by atoms with E-state index in [-0.39, 0.29) is 30.3 Å². The molecule has 5 heteroatoms. The predicted octanol–water partition coefficient (Wildman–Crippen LogP) is 1.24. The summed E-state index contributed by atoms with van der Waals surface area (Å²) < 4.78 is 0. The molecule has 0 aliphatic rings. The predicted molar refractivity (Wildman–Crippen MR) is 75.5 cm³/mol. The molecule has 17 heavy (non-hydrogen) atoms. The zero-order chi connectivity index (χ0) is 12.6. The third kappa shape index (κ3) is 7.58. The molecule has 104 valence electrons. The molecule has 0 fully saturated rings. The number of nitrogens with zero attached hydrogens (tertiary/aromatic N) is 1. The van der Waals surface area contributed by atoms with Gasteiger partial charge >= 0.3 is 0 Å². The molecule has 1 amide bonds. The van der Waals surface area contributed by atoms with E-state index in [1.807, 2.05) is 13.8 Å². The fourth-order valence-electron chi connectivity index (χ4n) is 1.51. The van der Waals surface area contributed by atoms with Crippen LogP contribution in [0.4, 0.5) is 0 Å². The van der Waals surface area contributed by atoms with Gasteiger partial charge in [-0.25, -0.2) is 0 Å². The Balaban J connectivity index is 0. The summed E-state index contributed by atoms with van der Waals surface area (Å²) in [5.74, 6) is 0.218. The molecule has 0 aromatic rings. The van der Waals surface area contributed by atoms with E-state index in [1.54, 1.807) is 0 Å². The molecule has 0 saturated carbocycles. The lowest BCUT2D eigenvalue weighted by Crippen LogP contribution is -2.46. The third-order valence-corrected chi connectivity index (χ3v) is 3.18. The van der Waals surface area contributed by atoms with Crippen molar-refractivity contribution in [2.45, 2.75) is 40.2 Å². The van der Waals surface area contributed by atoms with Crippen molar-refractivity contribution in [3.63, 3.8) is 0 Å². The number of halogens is 1. The number of nitrogens with one attached hydrogen (secondary N) is 1. The highest BCUT2D eigenvalue weighted by molar-refractivity contribution is 5.85. The number of carbonyl (C=O) groups is 1. The van der Waals surface area contributed by atoms with Crippen molar-refractivity contribution < 1.29 is 4.79 Å². The molecule has 0 aliphatic carbocycles. The van der Waals surface area contributed by atoms with Gasteiger partial charge in [0.25, 0.3) is 0 Å². The molecule has 0 saturated heterocycles. The summed E-state index contributed by atoms with van der Waals surface area (Å²) in [7, 11) is 0. The van der Waals surface area contributed by atoms with Crippen LogP contribution in [0.25, 0.3) is 0 Å². The molecule has 0 radical (unpaired) electrons. The molecule has 0 aromatic carbocycles. The van der Waals surface area contributed by atoms with E-state index in [1.165, 1.54) is 0 Å². The number of carbonyl (C=O) groups excluding carboxylic acids is 1. The molecule has 2 unspecified atom stereocenters. The molecular formula is C12H28ClN3O. The molecule has 0 heterocycles. The second-order valence-corrected chi connectivity index (χ2v) is 4.23. The van der Waals surface area contributed by atoms with Crippen LogP contribution >= 0.6 is 12.4 Å². The van der Waals surface area contributed by atoms with Crippen LogP contribution < -0.4 is 11.1 Å². The molecule has 0 bridgehead atoms. The number of nitrogens with two attached hydrogens (primary N) is 1. The maximum absolute atomic E-state index is 11.6. The lowest BCUT2D eigenvalue weighted by molar-refractivity contribution is -0.123. The minimum atomic E-state index is -0.373. The van der Waals surface area contributed by atoms with Gasteiger partial charge in [-0.1, -0.05) is 34.1 Å². The summed E-state index contributed by atoms with van der Waals surface area (Å²) in [6.45, 7) is 11.9. The van der Waals surface area contributed by atoms with Gasteiger partial charge in [-0.3, -0.25) is 4.79 Å². The third-order valence-electron chi connectivity index (χ3n) is 3.18. The first-order valence-electron chi connectivity index (χ1n) is 6.32. The maximum Gasteiger partial charge on any atom is 0.237 e. The Labute approximate surface area is 112 Å². The second kappa shape index (κ2) is 10.8. The normalized spacial score (nSPS) is 14.0. The van der Waals surface area contributed by atoms with Gasteiger partial charge in [0.15, 0.2) is 0 Å². The molecule has 0 rings (SSSR count). The van der Waals surface area contributed by atoms with Crippen LogP contribution in [-0.4, -0.2) is 43.0 Å². The SMILES string of the molecule is CCC(C)C(N)C(=O)NCCN(CC)CC.Cl. The number of hydrogen-bond acceptors (Lipinski definition) is 3. The van der Waals surface area contributed by atoms with E-state index in [0.717, 1.165) is 26.1 Å². The van der Waals surface area contributed by atoms with Gasteiger partial charge in [0.1, 0.15) is 0 Å². The zero-order valence-electron chi connectivity index (χ0n) is 11.5. The molecule has 4 nitrogen and oxygen atoms in total. The van der Waals surface area contributed by atoms with Crippen LogP contribution in [-0.2, 0) is 4.79 Å². The van der Waals surface area contributed by atoms with Crippen molar-refractivity contribution in [2.75, 3.05) is 26.2 Å². The van der Waals surface area contributed by atoms with Crippen molar-refractivity contribution in [3.8, 4) is 0 Å². The van der Waals surface area contributed by atoms with Crippen molar-refractivity contribution in [2.24, 2.45) is 11.7 Å². The van der Waals surface area contributed by atoms with E-state index in [0.29, 0.717) is 6.54 Å². The first kappa shape index (κ1) is 19.0. The van der Waals surface area contributed by atoms with Gasteiger partial charge in [-0.15, -0.1) is 12.4 Å². The first-order chi connectivity index (χ1) is 7.56. The summed E-state index contributed by atoms with van der Waals surface area (Å²) in [4.78, 5) is 13.9. The van der Waals surface area contributed by atoms with Crippen LogP contribution in [0.2, 0.25) is 0 Å². The van der Waals surface area contributed by atoms with Crippen LogP contribution in [0.1, 0.15) is 34.1 Å². The number of rotatable bonds is 8. The Morgan fingerprint density at radius 1 is 1.29 bits per heavy atom. The van der Waals surface area contributed by atoms with E-state index in [4.69, 9.17) is 5.73 Å². The van der Waals surface area contributed by atoms with Crippen molar-refractivity contribution in [1.29, 1.82) is 0 Å². The van der Waals surface area contributed by atoms with Gasteiger partial charge in [0.05, 0.1) is 6.04 Å². The lowest BCUT2D eigenvalue weighted by atomic mass is 9.99. The second-order valence-electron chi connectivity index (χ2n) is 4.23. The standard InChI is InChI=1S/C12H27N3O.ClH/c1-5-10(4)11(13)12(16)14-8-9-15(6-2)7-3;/h10-11H,5-9,13H2,1-4H3,(H,14,16);1H. The Bertz CT molecular complexity index is 198. The summed E-state index contributed by atoms with van der Waals surface area (Å²) in [5.41, 5.74) is 5.83. The van der Waals surface area contributed by atoms with Gasteiger partial charge in [0.2, 0.25) is 5.91 Å². The summed E-state index contributed by atoms with van der Waals surface area (Å²) >= 11 is 0. The quantitative estimate of drug-likeness (QED) is 0.694. The minimum absolute atomic E-state index is 0. The zero-order valence-corrected chi connectivity index (χ0v) is 12.3. The summed E-state index contributed by atoms with van der Waals surface area (Å²) in [6.07, 6.45) is 0.935. The minimum Gasteiger partial charge on any atom is -0.353 e. The van der Waals surface area contributed by atoms with E-state index in [2.05, 4.69) is 24.1 Å². The van der Waals surface area contributed by atoms with Gasteiger partial charge in [0, 0.05) is 13.1 Å². The van der Waals surface area contributed by atoms with Crippen LogP contribution in [0, 0.1) is 5.92 Å².